The van der Waals surface area contributed by atoms with Crippen molar-refractivity contribution in [3.05, 3.63) is 65.5 Å². The van der Waals surface area contributed by atoms with Crippen LogP contribution < -0.4 is 18.9 Å². The number of ether oxygens (including phenoxy) is 4. The molecule has 10 heteroatoms. The number of hydrogen-bond acceptors (Lipinski definition) is 7. The van der Waals surface area contributed by atoms with Crippen molar-refractivity contribution in [2.45, 2.75) is 30.5 Å². The number of halogens is 2. The van der Waals surface area contributed by atoms with Crippen molar-refractivity contribution < 1.29 is 27.7 Å². The smallest absolute Gasteiger partial charge is 0.433 e. The molecule has 0 unspecified atom stereocenters. The van der Waals surface area contributed by atoms with Crippen LogP contribution in [-0.4, -0.2) is 34.8 Å². The monoisotopic (exact) mass is 485 g/mol. The van der Waals surface area contributed by atoms with Crippen LogP contribution in [0.2, 0.25) is 0 Å². The predicted octanol–water partition coefficient (Wildman–Crippen LogP) is 5.51. The van der Waals surface area contributed by atoms with Crippen molar-refractivity contribution in [3.63, 3.8) is 0 Å². The molecule has 1 N–H and O–H groups in total. The number of aromatic nitrogens is 3. The van der Waals surface area contributed by atoms with Gasteiger partial charge in [-0.3, -0.25) is 4.98 Å². The van der Waals surface area contributed by atoms with Gasteiger partial charge in [0.25, 0.3) is 0 Å². The maximum Gasteiger partial charge on any atom is 0.433 e. The Morgan fingerprint density at radius 3 is 2.79 bits per heavy atom. The van der Waals surface area contributed by atoms with Gasteiger partial charge in [-0.1, -0.05) is 42.1 Å². The number of rotatable bonds is 7. The number of H-pyrrole nitrogens is 1. The van der Waals surface area contributed by atoms with E-state index in [1.165, 1.54) is 17.8 Å². The SMILES string of the molecule is COc1cnc(CSc2nc3cc4c(cc3[nH]2)OCC(F)(F)O4)c(C)c1OCc1ccccc1. The predicted molar refractivity (Wildman–Crippen MR) is 123 cm³/mol. The molecule has 0 spiro atoms. The fourth-order valence-corrected chi connectivity index (χ4v) is 4.46. The van der Waals surface area contributed by atoms with E-state index in [1.807, 2.05) is 37.3 Å². The van der Waals surface area contributed by atoms with Gasteiger partial charge in [-0.05, 0) is 12.5 Å². The number of alkyl halides is 2. The minimum absolute atomic E-state index is 0.0281. The number of hydrogen-bond donors (Lipinski definition) is 1. The highest BCUT2D eigenvalue weighted by atomic mass is 32.2. The van der Waals surface area contributed by atoms with Gasteiger partial charge < -0.3 is 23.9 Å². The van der Waals surface area contributed by atoms with E-state index in [-0.39, 0.29) is 11.5 Å². The van der Waals surface area contributed by atoms with Gasteiger partial charge in [-0.25, -0.2) is 4.98 Å². The Kier molecular flexibility index (Phi) is 5.91. The number of benzene rings is 2. The van der Waals surface area contributed by atoms with Gasteiger partial charge in [0.15, 0.2) is 34.8 Å². The third-order valence-electron chi connectivity index (χ3n) is 5.31. The first-order valence-electron chi connectivity index (χ1n) is 10.5. The summed E-state index contributed by atoms with van der Waals surface area (Å²) in [6, 6.07) is 12.9. The van der Waals surface area contributed by atoms with E-state index in [2.05, 4.69) is 15.0 Å². The van der Waals surface area contributed by atoms with Gasteiger partial charge in [0.05, 0.1) is 30.0 Å². The Morgan fingerprint density at radius 1 is 1.18 bits per heavy atom. The minimum Gasteiger partial charge on any atom is -0.491 e. The highest BCUT2D eigenvalue weighted by molar-refractivity contribution is 7.98. The number of pyridine rings is 1. The molecule has 0 saturated carbocycles. The fraction of sp³-hybridized carbons (Fsp3) is 0.250. The summed E-state index contributed by atoms with van der Waals surface area (Å²) in [6.45, 7) is 1.53. The molecule has 1 aliphatic heterocycles. The minimum atomic E-state index is -3.35. The molecule has 5 rings (SSSR count). The lowest BCUT2D eigenvalue weighted by Gasteiger charge is -2.25. The van der Waals surface area contributed by atoms with Crippen LogP contribution in [0.3, 0.4) is 0 Å². The maximum atomic E-state index is 13.5. The largest absolute Gasteiger partial charge is 0.491 e. The first-order chi connectivity index (χ1) is 16.4. The summed E-state index contributed by atoms with van der Waals surface area (Å²) in [5.74, 6) is 1.95. The lowest BCUT2D eigenvalue weighted by molar-refractivity contribution is -0.208. The molecule has 3 heterocycles. The van der Waals surface area contributed by atoms with Crippen LogP contribution >= 0.6 is 11.8 Å². The Balaban J connectivity index is 1.33. The second-order valence-electron chi connectivity index (χ2n) is 7.68. The van der Waals surface area contributed by atoms with E-state index in [9.17, 15) is 8.78 Å². The number of methoxy groups -OCH3 is 1. The van der Waals surface area contributed by atoms with Crippen LogP contribution in [0, 0.1) is 6.92 Å². The average Bonchev–Trinajstić information content (AvgIpc) is 3.22. The van der Waals surface area contributed by atoms with Crippen LogP contribution in [0.4, 0.5) is 8.78 Å². The van der Waals surface area contributed by atoms with Crippen LogP contribution in [0.25, 0.3) is 11.0 Å². The van der Waals surface area contributed by atoms with E-state index in [0.29, 0.717) is 40.0 Å². The molecule has 1 aliphatic rings. The van der Waals surface area contributed by atoms with Crippen LogP contribution in [-0.2, 0) is 12.4 Å². The van der Waals surface area contributed by atoms with Gasteiger partial charge in [0, 0.05) is 23.4 Å². The highest BCUT2D eigenvalue weighted by Crippen LogP contribution is 2.40. The molecule has 0 atom stereocenters. The maximum absolute atomic E-state index is 13.5. The molecular weight excluding hydrogens is 464 g/mol. The molecule has 0 radical (unpaired) electrons. The van der Waals surface area contributed by atoms with E-state index in [1.54, 1.807) is 19.4 Å². The Hall–Kier alpha value is -3.53. The van der Waals surface area contributed by atoms with Crippen LogP contribution in [0.5, 0.6) is 23.0 Å². The van der Waals surface area contributed by atoms with Gasteiger partial charge in [0.1, 0.15) is 6.61 Å². The Morgan fingerprint density at radius 2 is 2.00 bits per heavy atom. The molecule has 0 bridgehead atoms. The molecular formula is C24H21F2N3O4S. The third-order valence-corrected chi connectivity index (χ3v) is 6.19. The average molecular weight is 486 g/mol. The van der Waals surface area contributed by atoms with E-state index >= 15 is 0 Å². The summed E-state index contributed by atoms with van der Waals surface area (Å²) >= 11 is 1.44. The highest BCUT2D eigenvalue weighted by Gasteiger charge is 2.38. The van der Waals surface area contributed by atoms with Gasteiger partial charge >= 0.3 is 6.11 Å². The zero-order chi connectivity index (χ0) is 23.7. The van der Waals surface area contributed by atoms with Crippen molar-refractivity contribution in [2.75, 3.05) is 13.7 Å². The molecule has 0 aliphatic carbocycles. The molecule has 0 saturated heterocycles. The number of fused-ring (bicyclic) bond motifs is 2. The number of nitrogens with zero attached hydrogens (tertiary/aromatic N) is 2. The number of nitrogens with one attached hydrogen (secondary N) is 1. The molecule has 2 aromatic carbocycles. The second-order valence-corrected chi connectivity index (χ2v) is 8.64. The summed E-state index contributed by atoms with van der Waals surface area (Å²) < 4.78 is 48.3. The molecule has 4 aromatic rings. The molecule has 0 amide bonds. The fourth-order valence-electron chi connectivity index (χ4n) is 3.55. The summed E-state index contributed by atoms with van der Waals surface area (Å²) in [6.07, 6.45) is -1.71. The Labute approximate surface area is 198 Å². The molecule has 176 valence electrons. The summed E-state index contributed by atoms with van der Waals surface area (Å²) in [5, 5.41) is 0.618. The Bertz CT molecular complexity index is 1330. The van der Waals surface area contributed by atoms with Gasteiger partial charge in [-0.15, -0.1) is 0 Å². The van der Waals surface area contributed by atoms with Crippen molar-refractivity contribution in [1.29, 1.82) is 0 Å². The standard InChI is InChI=1S/C24H21F2N3O4S/c1-14-18(27-10-21(30-2)22(14)31-11-15-6-4-3-5-7-15)12-34-23-28-16-8-19-20(9-17(16)29-23)33-24(25,26)13-32-19/h3-10H,11-13H2,1-2H3,(H,28,29). The molecule has 7 nitrogen and oxygen atoms in total. The zero-order valence-corrected chi connectivity index (χ0v) is 19.2. The second kappa shape index (κ2) is 9.02. The summed E-state index contributed by atoms with van der Waals surface area (Å²) in [7, 11) is 1.58. The number of imidazole rings is 1. The van der Waals surface area contributed by atoms with E-state index in [4.69, 9.17) is 18.9 Å². The first-order valence-corrected chi connectivity index (χ1v) is 11.5. The quantitative estimate of drug-likeness (QED) is 0.346. The lowest BCUT2D eigenvalue weighted by atomic mass is 10.2. The summed E-state index contributed by atoms with van der Waals surface area (Å²) in [5.41, 5.74) is 3.92. The molecule has 2 aromatic heterocycles. The van der Waals surface area contributed by atoms with Crippen molar-refractivity contribution in [1.82, 2.24) is 15.0 Å². The number of aromatic amines is 1. The topological polar surface area (TPSA) is 78.5 Å². The van der Waals surface area contributed by atoms with Crippen molar-refractivity contribution in [2.24, 2.45) is 0 Å². The van der Waals surface area contributed by atoms with Gasteiger partial charge in [0.2, 0.25) is 0 Å². The van der Waals surface area contributed by atoms with Crippen LogP contribution in [0.15, 0.2) is 53.8 Å². The zero-order valence-electron chi connectivity index (χ0n) is 18.4. The van der Waals surface area contributed by atoms with Crippen molar-refractivity contribution >= 4 is 22.8 Å². The lowest BCUT2D eigenvalue weighted by Crippen LogP contribution is -2.35. The molecule has 0 fully saturated rings. The van der Waals surface area contributed by atoms with Crippen LogP contribution in [0.1, 0.15) is 16.8 Å². The summed E-state index contributed by atoms with van der Waals surface area (Å²) in [4.78, 5) is 12.2. The number of thioether (sulfide) groups is 1. The first kappa shape index (κ1) is 22.3. The van der Waals surface area contributed by atoms with E-state index < -0.39 is 12.7 Å². The molecule has 34 heavy (non-hydrogen) atoms. The normalized spacial score (nSPS) is 14.2. The third kappa shape index (κ3) is 4.58. The van der Waals surface area contributed by atoms with E-state index in [0.717, 1.165) is 16.8 Å². The van der Waals surface area contributed by atoms with Crippen molar-refractivity contribution in [3.8, 4) is 23.0 Å². The van der Waals surface area contributed by atoms with Gasteiger partial charge in [-0.2, -0.15) is 8.78 Å².